The molecule has 2 amide bonds. The number of aromatic hydroxyl groups is 1. The first kappa shape index (κ1) is 44.7. The Kier molecular flexibility index (Phi) is 15.3. The number of ether oxygens (including phenoxy) is 5. The van der Waals surface area contributed by atoms with Crippen molar-refractivity contribution >= 4 is 23.2 Å². The molecule has 7 rings (SSSR count). The van der Waals surface area contributed by atoms with Gasteiger partial charge in [0.15, 0.2) is 11.5 Å². The Hall–Kier alpha value is -7.86. The monoisotopic (exact) mass is 852 g/mol. The van der Waals surface area contributed by atoms with Crippen molar-refractivity contribution in [2.45, 2.75) is 33.5 Å². The van der Waals surface area contributed by atoms with Crippen molar-refractivity contribution in [3.8, 4) is 46.0 Å². The fraction of sp³-hybridized carbons (Fsp3) is 0.137. The van der Waals surface area contributed by atoms with Crippen LogP contribution in [0.2, 0.25) is 0 Å². The predicted molar refractivity (Wildman–Crippen MR) is 238 cm³/mol. The van der Waals surface area contributed by atoms with Crippen LogP contribution >= 0.6 is 0 Å². The minimum absolute atomic E-state index is 0.00832. The van der Waals surface area contributed by atoms with E-state index in [0.717, 1.165) is 5.56 Å². The lowest BCUT2D eigenvalue weighted by molar-refractivity contribution is -0.117. The average Bonchev–Trinajstić information content (AvgIpc) is 3.29. The maximum absolute atomic E-state index is 14.3. The SMILES string of the molecule is COc1ccc(O)c(CN(C(C)=O)c2cc(F)ccc2Oc2ccccc2)c1.COc1ccc(OCc2ccccc2)c(CN(C(C)=O)c2cc(F)ccc2Oc2ccccc2)c1. The first-order valence-corrected chi connectivity index (χ1v) is 19.8. The molecule has 0 bridgehead atoms. The minimum Gasteiger partial charge on any atom is -0.508 e. The molecule has 0 aliphatic heterocycles. The minimum atomic E-state index is -0.503. The molecule has 0 aliphatic carbocycles. The van der Waals surface area contributed by atoms with E-state index in [1.54, 1.807) is 49.6 Å². The Morgan fingerprint density at radius 1 is 0.508 bits per heavy atom. The molecule has 0 heterocycles. The van der Waals surface area contributed by atoms with Crippen LogP contribution in [0.15, 0.2) is 164 Å². The summed E-state index contributed by atoms with van der Waals surface area (Å²) < 4.78 is 56.8. The van der Waals surface area contributed by atoms with Gasteiger partial charge < -0.3 is 38.6 Å². The summed E-state index contributed by atoms with van der Waals surface area (Å²) >= 11 is 0. The summed E-state index contributed by atoms with van der Waals surface area (Å²) in [6, 6.07) is 46.2. The molecule has 0 aliphatic rings. The van der Waals surface area contributed by atoms with E-state index >= 15 is 0 Å². The highest BCUT2D eigenvalue weighted by atomic mass is 19.1. The molecule has 1 N–H and O–H groups in total. The van der Waals surface area contributed by atoms with Gasteiger partial charge in [-0.1, -0.05) is 66.7 Å². The van der Waals surface area contributed by atoms with Crippen LogP contribution in [-0.2, 0) is 29.3 Å². The zero-order valence-corrected chi connectivity index (χ0v) is 35.2. The number of amides is 2. The quantitative estimate of drug-likeness (QED) is 0.109. The van der Waals surface area contributed by atoms with Gasteiger partial charge in [-0.15, -0.1) is 0 Å². The van der Waals surface area contributed by atoms with E-state index in [1.807, 2.05) is 78.9 Å². The normalized spacial score (nSPS) is 10.4. The Bertz CT molecular complexity index is 2610. The third kappa shape index (κ3) is 12.4. The molecular weight excluding hydrogens is 807 g/mol. The second-order valence-electron chi connectivity index (χ2n) is 14.0. The van der Waals surface area contributed by atoms with Crippen molar-refractivity contribution in [2.75, 3.05) is 24.0 Å². The average molecular weight is 853 g/mol. The lowest BCUT2D eigenvalue weighted by atomic mass is 10.1. The van der Waals surface area contributed by atoms with Gasteiger partial charge in [0.2, 0.25) is 11.8 Å². The van der Waals surface area contributed by atoms with Crippen LogP contribution in [0.3, 0.4) is 0 Å². The van der Waals surface area contributed by atoms with Crippen LogP contribution in [0.25, 0.3) is 0 Å². The molecule has 12 heteroatoms. The first-order chi connectivity index (χ1) is 30.5. The van der Waals surface area contributed by atoms with Crippen molar-refractivity contribution in [1.29, 1.82) is 0 Å². The molecule has 7 aromatic carbocycles. The second kappa shape index (κ2) is 21.6. The van der Waals surface area contributed by atoms with Crippen molar-refractivity contribution in [2.24, 2.45) is 0 Å². The molecule has 10 nitrogen and oxygen atoms in total. The van der Waals surface area contributed by atoms with Crippen LogP contribution in [0, 0.1) is 11.6 Å². The molecule has 0 aromatic heterocycles. The number of phenols is 1. The number of anilines is 2. The zero-order valence-electron chi connectivity index (χ0n) is 35.2. The van der Waals surface area contributed by atoms with Gasteiger partial charge in [-0.05, 0) is 90.5 Å². The number of phenolic OH excluding ortho intramolecular Hbond substituents is 1. The maximum Gasteiger partial charge on any atom is 0.224 e. The van der Waals surface area contributed by atoms with Gasteiger partial charge >= 0.3 is 0 Å². The van der Waals surface area contributed by atoms with E-state index < -0.39 is 11.6 Å². The van der Waals surface area contributed by atoms with Gasteiger partial charge in [0.05, 0.1) is 38.7 Å². The van der Waals surface area contributed by atoms with E-state index in [1.165, 1.54) is 73.2 Å². The Morgan fingerprint density at radius 2 is 0.937 bits per heavy atom. The number of carbonyl (C=O) groups excluding carboxylic acids is 2. The van der Waals surface area contributed by atoms with Gasteiger partial charge in [-0.2, -0.15) is 0 Å². The lowest BCUT2D eigenvalue weighted by Gasteiger charge is -2.25. The van der Waals surface area contributed by atoms with Gasteiger partial charge in [0.25, 0.3) is 0 Å². The highest BCUT2D eigenvalue weighted by Gasteiger charge is 2.22. The summed E-state index contributed by atoms with van der Waals surface area (Å²) in [6.45, 7) is 3.32. The van der Waals surface area contributed by atoms with Crippen molar-refractivity contribution in [3.63, 3.8) is 0 Å². The number of para-hydroxylation sites is 2. The molecule has 0 unspecified atom stereocenters. The molecule has 0 atom stereocenters. The number of carbonyl (C=O) groups is 2. The molecule has 322 valence electrons. The van der Waals surface area contributed by atoms with Crippen LogP contribution in [0.4, 0.5) is 20.2 Å². The fourth-order valence-electron chi connectivity index (χ4n) is 6.38. The van der Waals surface area contributed by atoms with Crippen LogP contribution in [-0.4, -0.2) is 31.1 Å². The third-order valence-electron chi connectivity index (χ3n) is 9.57. The number of methoxy groups -OCH3 is 2. The standard InChI is InChI=1S/C29H26FNO4.C22H20FNO4/c1-21(32)31(27-18-24(30)13-15-29(27)35-25-11-7-4-8-12-25)19-23-17-26(33-2)14-16-28(23)34-20-22-9-5-3-6-10-22;1-15(25)24(14-16-12-19(27-2)9-10-21(16)26)20-13-17(23)8-11-22(20)28-18-6-4-3-5-7-18/h3-18H,19-20H2,1-2H3;3-13,26H,14H2,1-2H3. The molecule has 0 fully saturated rings. The van der Waals surface area contributed by atoms with Crippen molar-refractivity contribution < 1.29 is 47.2 Å². The number of nitrogens with zero attached hydrogens (tertiary/aromatic N) is 2. The summed E-state index contributed by atoms with van der Waals surface area (Å²) in [5.74, 6) is 2.02. The summed E-state index contributed by atoms with van der Waals surface area (Å²) in [4.78, 5) is 28.0. The van der Waals surface area contributed by atoms with Crippen molar-refractivity contribution in [1.82, 2.24) is 0 Å². The molecule has 0 radical (unpaired) electrons. The number of rotatable bonds is 15. The van der Waals surface area contributed by atoms with E-state index in [-0.39, 0.29) is 36.3 Å². The third-order valence-corrected chi connectivity index (χ3v) is 9.57. The van der Waals surface area contributed by atoms with E-state index in [2.05, 4.69) is 0 Å². The zero-order chi connectivity index (χ0) is 44.7. The van der Waals surface area contributed by atoms with E-state index in [9.17, 15) is 23.5 Å². The molecule has 7 aromatic rings. The number of hydrogen-bond donors (Lipinski definition) is 1. The Balaban J connectivity index is 0.000000215. The predicted octanol–water partition coefficient (Wildman–Crippen LogP) is 11.6. The van der Waals surface area contributed by atoms with Gasteiger partial charge in [0, 0.05) is 37.1 Å². The number of halogens is 2. The molecule has 63 heavy (non-hydrogen) atoms. The van der Waals surface area contributed by atoms with Gasteiger partial charge in [-0.25, -0.2) is 8.78 Å². The van der Waals surface area contributed by atoms with Crippen LogP contribution in [0.1, 0.15) is 30.5 Å². The fourth-order valence-corrected chi connectivity index (χ4v) is 6.38. The summed E-state index contributed by atoms with van der Waals surface area (Å²) in [6.07, 6.45) is 0. The molecule has 0 saturated carbocycles. The summed E-state index contributed by atoms with van der Waals surface area (Å²) in [5, 5.41) is 10.2. The molecule has 0 spiro atoms. The Morgan fingerprint density at radius 3 is 1.41 bits per heavy atom. The molecular formula is C51H46F2N2O8. The molecule has 0 saturated heterocycles. The largest absolute Gasteiger partial charge is 0.508 e. The smallest absolute Gasteiger partial charge is 0.224 e. The van der Waals surface area contributed by atoms with Crippen LogP contribution in [0.5, 0.6) is 46.0 Å². The van der Waals surface area contributed by atoms with Crippen molar-refractivity contribution in [3.05, 3.63) is 192 Å². The maximum atomic E-state index is 14.3. The van der Waals surface area contributed by atoms with Gasteiger partial charge in [-0.3, -0.25) is 9.59 Å². The Labute approximate surface area is 365 Å². The first-order valence-electron chi connectivity index (χ1n) is 19.8. The lowest BCUT2D eigenvalue weighted by Crippen LogP contribution is -2.28. The topological polar surface area (TPSA) is 107 Å². The van der Waals surface area contributed by atoms with E-state index in [4.69, 9.17) is 23.7 Å². The highest BCUT2D eigenvalue weighted by Crippen LogP contribution is 2.38. The summed E-state index contributed by atoms with van der Waals surface area (Å²) in [7, 11) is 3.09. The van der Waals surface area contributed by atoms with Crippen LogP contribution < -0.4 is 33.5 Å². The number of hydrogen-bond acceptors (Lipinski definition) is 8. The second-order valence-corrected chi connectivity index (χ2v) is 14.0. The summed E-state index contributed by atoms with van der Waals surface area (Å²) in [5.41, 5.74) is 2.77. The number of benzene rings is 7. The highest BCUT2D eigenvalue weighted by molar-refractivity contribution is 5.94. The van der Waals surface area contributed by atoms with E-state index in [0.29, 0.717) is 63.7 Å². The van der Waals surface area contributed by atoms with Gasteiger partial charge in [0.1, 0.15) is 52.7 Å².